The molecule has 0 fully saturated rings. The fraction of sp³-hybridized carbons (Fsp3) is 0.333. The Hall–Kier alpha value is -1.06. The quantitative estimate of drug-likeness (QED) is 0.692. The first-order valence-corrected chi connectivity index (χ1v) is 3.62. The lowest BCUT2D eigenvalue weighted by atomic mass is 10.2. The van der Waals surface area contributed by atoms with Gasteiger partial charge in [0.2, 0.25) is 0 Å². The normalized spacial score (nSPS) is 12.6. The fourth-order valence-electron chi connectivity index (χ4n) is 0.905. The lowest BCUT2D eigenvalue weighted by molar-refractivity contribution is -0.0769. The Labute approximate surface area is 71.5 Å². The second-order valence-electron chi connectivity index (χ2n) is 2.36. The van der Waals surface area contributed by atoms with Crippen LogP contribution in [-0.2, 0) is 4.74 Å². The van der Waals surface area contributed by atoms with E-state index in [1.54, 1.807) is 31.4 Å². The maximum absolute atomic E-state index is 9.23. The summed E-state index contributed by atoms with van der Waals surface area (Å²) in [6, 6.07) is 7.06. The summed E-state index contributed by atoms with van der Waals surface area (Å²) in [6.07, 6.45) is -0.851. The molecule has 0 aliphatic heterocycles. The maximum atomic E-state index is 9.23. The van der Waals surface area contributed by atoms with Crippen LogP contribution < -0.4 is 4.74 Å². The summed E-state index contributed by atoms with van der Waals surface area (Å²) in [5, 5.41) is 9.23. The highest BCUT2D eigenvalue weighted by Crippen LogP contribution is 2.17. The number of benzene rings is 1. The van der Waals surface area contributed by atoms with E-state index >= 15 is 0 Å². The van der Waals surface area contributed by atoms with Gasteiger partial charge in [-0.1, -0.05) is 12.1 Å². The van der Waals surface area contributed by atoms with Crippen LogP contribution in [0, 0.1) is 0 Å². The molecule has 0 heterocycles. The number of aliphatic hydroxyl groups is 1. The molecule has 1 aromatic carbocycles. The second kappa shape index (κ2) is 4.09. The summed E-state index contributed by atoms with van der Waals surface area (Å²) in [7, 11) is 3.05. The Balaban J connectivity index is 2.77. The lowest BCUT2D eigenvalue weighted by Gasteiger charge is -2.08. The Morgan fingerprint density at radius 1 is 1.17 bits per heavy atom. The minimum atomic E-state index is -0.851. The zero-order valence-electron chi connectivity index (χ0n) is 7.15. The molecule has 0 saturated carbocycles. The molecule has 66 valence electrons. The van der Waals surface area contributed by atoms with E-state index in [1.807, 2.05) is 0 Å². The Morgan fingerprint density at radius 2 is 1.75 bits per heavy atom. The van der Waals surface area contributed by atoms with Crippen LogP contribution in [0.1, 0.15) is 11.9 Å². The monoisotopic (exact) mass is 168 g/mol. The van der Waals surface area contributed by atoms with Crippen LogP contribution in [-0.4, -0.2) is 19.3 Å². The summed E-state index contributed by atoms with van der Waals surface area (Å²) in [5.74, 6) is 0.766. The van der Waals surface area contributed by atoms with Crippen molar-refractivity contribution in [3.05, 3.63) is 29.8 Å². The molecule has 0 saturated heterocycles. The van der Waals surface area contributed by atoms with Gasteiger partial charge in [-0.15, -0.1) is 0 Å². The summed E-state index contributed by atoms with van der Waals surface area (Å²) in [4.78, 5) is 0. The fourth-order valence-corrected chi connectivity index (χ4v) is 0.905. The van der Waals surface area contributed by atoms with Gasteiger partial charge in [-0.2, -0.15) is 0 Å². The van der Waals surface area contributed by atoms with Crippen molar-refractivity contribution in [3.63, 3.8) is 0 Å². The van der Waals surface area contributed by atoms with Crippen molar-refractivity contribution in [2.75, 3.05) is 14.2 Å². The highest BCUT2D eigenvalue weighted by Gasteiger charge is 2.03. The van der Waals surface area contributed by atoms with Gasteiger partial charge >= 0.3 is 0 Å². The second-order valence-corrected chi connectivity index (χ2v) is 2.36. The molecular formula is C9H12O3. The number of ether oxygens (including phenoxy) is 2. The topological polar surface area (TPSA) is 38.7 Å². The molecule has 0 amide bonds. The molecule has 0 spiro atoms. The van der Waals surface area contributed by atoms with Crippen molar-refractivity contribution in [2.45, 2.75) is 6.29 Å². The zero-order valence-corrected chi connectivity index (χ0v) is 7.15. The SMILES string of the molecule is COc1ccc(C(O)OC)cc1. The first-order chi connectivity index (χ1) is 5.77. The van der Waals surface area contributed by atoms with E-state index in [4.69, 9.17) is 9.47 Å². The van der Waals surface area contributed by atoms with Gasteiger partial charge in [0.15, 0.2) is 6.29 Å². The summed E-state index contributed by atoms with van der Waals surface area (Å²) in [6.45, 7) is 0. The van der Waals surface area contributed by atoms with Crippen LogP contribution in [0.5, 0.6) is 5.75 Å². The van der Waals surface area contributed by atoms with Crippen LogP contribution in [0.15, 0.2) is 24.3 Å². The summed E-state index contributed by atoms with van der Waals surface area (Å²) in [5.41, 5.74) is 0.721. The van der Waals surface area contributed by atoms with Crippen molar-refractivity contribution >= 4 is 0 Å². The van der Waals surface area contributed by atoms with Crippen LogP contribution in [0.25, 0.3) is 0 Å². The van der Waals surface area contributed by atoms with Gasteiger partial charge in [0.05, 0.1) is 7.11 Å². The van der Waals surface area contributed by atoms with E-state index in [9.17, 15) is 5.11 Å². The molecule has 0 aromatic heterocycles. The molecule has 1 unspecified atom stereocenters. The van der Waals surface area contributed by atoms with Gasteiger partial charge in [-0.25, -0.2) is 0 Å². The van der Waals surface area contributed by atoms with Crippen LogP contribution in [0.3, 0.4) is 0 Å². The van der Waals surface area contributed by atoms with Gasteiger partial charge in [0.25, 0.3) is 0 Å². The molecule has 1 aromatic rings. The molecule has 0 bridgehead atoms. The number of rotatable bonds is 3. The molecular weight excluding hydrogens is 156 g/mol. The van der Waals surface area contributed by atoms with Gasteiger partial charge in [-0.05, 0) is 12.1 Å². The van der Waals surface area contributed by atoms with Gasteiger partial charge < -0.3 is 14.6 Å². The lowest BCUT2D eigenvalue weighted by Crippen LogP contribution is -1.98. The number of methoxy groups -OCH3 is 2. The third kappa shape index (κ3) is 1.96. The molecule has 0 aliphatic carbocycles. The smallest absolute Gasteiger partial charge is 0.180 e. The molecule has 0 aliphatic rings. The van der Waals surface area contributed by atoms with Gasteiger partial charge in [0.1, 0.15) is 5.75 Å². The van der Waals surface area contributed by atoms with E-state index in [0.717, 1.165) is 11.3 Å². The van der Waals surface area contributed by atoms with Gasteiger partial charge in [0, 0.05) is 12.7 Å². The first-order valence-electron chi connectivity index (χ1n) is 3.62. The molecule has 0 radical (unpaired) electrons. The third-order valence-corrected chi connectivity index (χ3v) is 1.62. The standard InChI is InChI=1S/C9H12O3/c1-11-8-5-3-7(4-6-8)9(10)12-2/h3-6,9-10H,1-2H3. The van der Waals surface area contributed by atoms with Gasteiger partial charge in [-0.3, -0.25) is 0 Å². The van der Waals surface area contributed by atoms with Crippen LogP contribution in [0.4, 0.5) is 0 Å². The van der Waals surface area contributed by atoms with Crippen molar-refractivity contribution in [1.82, 2.24) is 0 Å². The van der Waals surface area contributed by atoms with E-state index < -0.39 is 6.29 Å². The highest BCUT2D eigenvalue weighted by atomic mass is 16.6. The zero-order chi connectivity index (χ0) is 8.97. The largest absolute Gasteiger partial charge is 0.497 e. The van der Waals surface area contributed by atoms with E-state index in [2.05, 4.69) is 0 Å². The Morgan fingerprint density at radius 3 is 2.17 bits per heavy atom. The third-order valence-electron chi connectivity index (χ3n) is 1.62. The van der Waals surface area contributed by atoms with Crippen molar-refractivity contribution in [2.24, 2.45) is 0 Å². The van der Waals surface area contributed by atoms with Crippen LogP contribution in [0.2, 0.25) is 0 Å². The summed E-state index contributed by atoms with van der Waals surface area (Å²) >= 11 is 0. The highest BCUT2D eigenvalue weighted by molar-refractivity contribution is 5.27. The first kappa shape index (κ1) is 9.03. The predicted molar refractivity (Wildman–Crippen MR) is 45.0 cm³/mol. The van der Waals surface area contributed by atoms with Crippen molar-refractivity contribution in [1.29, 1.82) is 0 Å². The minimum Gasteiger partial charge on any atom is -0.497 e. The van der Waals surface area contributed by atoms with E-state index in [0.29, 0.717) is 0 Å². The average molecular weight is 168 g/mol. The molecule has 1 rings (SSSR count). The molecule has 12 heavy (non-hydrogen) atoms. The molecule has 3 nitrogen and oxygen atoms in total. The molecule has 1 N–H and O–H groups in total. The summed E-state index contributed by atoms with van der Waals surface area (Å²) < 4.78 is 9.68. The number of hydrogen-bond acceptors (Lipinski definition) is 3. The van der Waals surface area contributed by atoms with E-state index in [1.165, 1.54) is 7.11 Å². The van der Waals surface area contributed by atoms with Crippen molar-refractivity contribution < 1.29 is 14.6 Å². The maximum Gasteiger partial charge on any atom is 0.180 e. The van der Waals surface area contributed by atoms with Crippen molar-refractivity contribution in [3.8, 4) is 5.75 Å². The predicted octanol–water partition coefficient (Wildman–Crippen LogP) is 1.33. The van der Waals surface area contributed by atoms with E-state index in [-0.39, 0.29) is 0 Å². The minimum absolute atomic E-state index is 0.721. The van der Waals surface area contributed by atoms with Crippen LogP contribution >= 0.6 is 0 Å². The molecule has 3 heteroatoms. The number of hydrogen-bond donors (Lipinski definition) is 1. The average Bonchev–Trinajstić information content (AvgIpc) is 2.17. The molecule has 1 atom stereocenters. The Kier molecular flexibility index (Phi) is 3.08. The Bertz CT molecular complexity index is 230. The number of aliphatic hydroxyl groups excluding tert-OH is 1.